The molecule has 1 rings (SSSR count). The number of nitrogens with one attached hydrogen (secondary N) is 1. The summed E-state index contributed by atoms with van der Waals surface area (Å²) in [5.74, 6) is 3.29. The zero-order valence-corrected chi connectivity index (χ0v) is 12.8. The number of rotatable bonds is 7. The van der Waals surface area contributed by atoms with Crippen molar-refractivity contribution >= 4 is 11.8 Å². The van der Waals surface area contributed by atoms with Crippen molar-refractivity contribution in [1.82, 2.24) is 5.32 Å². The number of hydrogen-bond donors (Lipinski definition) is 1. The molecule has 0 spiro atoms. The normalized spacial score (nSPS) is 26.1. The highest BCUT2D eigenvalue weighted by Gasteiger charge is 2.23. The SMILES string of the molecule is CSCCCC1CCCCCC1CNC(C)C. The molecular formula is C15H31NS. The van der Waals surface area contributed by atoms with Crippen LogP contribution in [0.5, 0.6) is 0 Å². The number of hydrogen-bond acceptors (Lipinski definition) is 2. The van der Waals surface area contributed by atoms with Gasteiger partial charge in [0.1, 0.15) is 0 Å². The quantitative estimate of drug-likeness (QED) is 0.538. The van der Waals surface area contributed by atoms with Gasteiger partial charge in [-0.05, 0) is 49.7 Å². The highest BCUT2D eigenvalue weighted by Crippen LogP contribution is 2.32. The Morgan fingerprint density at radius 3 is 2.47 bits per heavy atom. The zero-order valence-electron chi connectivity index (χ0n) is 12.0. The Kier molecular flexibility index (Phi) is 8.38. The van der Waals surface area contributed by atoms with Crippen LogP contribution in [-0.4, -0.2) is 24.6 Å². The minimum Gasteiger partial charge on any atom is -0.314 e. The molecule has 1 saturated carbocycles. The van der Waals surface area contributed by atoms with Gasteiger partial charge in [-0.15, -0.1) is 0 Å². The Morgan fingerprint density at radius 1 is 1.12 bits per heavy atom. The van der Waals surface area contributed by atoms with Gasteiger partial charge in [0.25, 0.3) is 0 Å². The molecular weight excluding hydrogens is 226 g/mol. The van der Waals surface area contributed by atoms with Crippen molar-refractivity contribution in [1.29, 1.82) is 0 Å². The van der Waals surface area contributed by atoms with E-state index in [1.165, 1.54) is 57.2 Å². The largest absolute Gasteiger partial charge is 0.314 e. The molecule has 0 radical (unpaired) electrons. The summed E-state index contributed by atoms with van der Waals surface area (Å²) in [6.45, 7) is 5.78. The Bertz CT molecular complexity index is 182. The third-order valence-corrected chi connectivity index (χ3v) is 4.73. The van der Waals surface area contributed by atoms with Gasteiger partial charge in [-0.2, -0.15) is 11.8 Å². The molecule has 0 heterocycles. The standard InChI is InChI=1S/C15H31NS/c1-13(2)16-12-15-9-6-4-5-8-14(15)10-7-11-17-3/h13-16H,4-12H2,1-3H3. The molecule has 102 valence electrons. The van der Waals surface area contributed by atoms with Gasteiger partial charge in [-0.1, -0.05) is 39.5 Å². The van der Waals surface area contributed by atoms with Crippen molar-refractivity contribution in [2.24, 2.45) is 11.8 Å². The van der Waals surface area contributed by atoms with Gasteiger partial charge >= 0.3 is 0 Å². The fourth-order valence-corrected chi connectivity index (χ4v) is 3.44. The molecule has 2 unspecified atom stereocenters. The zero-order chi connectivity index (χ0) is 12.5. The molecule has 0 amide bonds. The molecule has 1 N–H and O–H groups in total. The van der Waals surface area contributed by atoms with Gasteiger partial charge in [0.2, 0.25) is 0 Å². The highest BCUT2D eigenvalue weighted by molar-refractivity contribution is 7.98. The van der Waals surface area contributed by atoms with E-state index in [9.17, 15) is 0 Å². The van der Waals surface area contributed by atoms with E-state index in [-0.39, 0.29) is 0 Å². The summed E-state index contributed by atoms with van der Waals surface area (Å²) in [7, 11) is 0. The summed E-state index contributed by atoms with van der Waals surface area (Å²) < 4.78 is 0. The minimum atomic E-state index is 0.644. The van der Waals surface area contributed by atoms with Crippen LogP contribution in [0.1, 0.15) is 58.8 Å². The Labute approximate surface area is 113 Å². The average Bonchev–Trinajstić information content (AvgIpc) is 2.52. The van der Waals surface area contributed by atoms with Crippen molar-refractivity contribution in [2.45, 2.75) is 64.8 Å². The van der Waals surface area contributed by atoms with E-state index in [1.807, 2.05) is 11.8 Å². The third kappa shape index (κ3) is 6.71. The molecule has 0 aromatic heterocycles. The highest BCUT2D eigenvalue weighted by atomic mass is 32.2. The van der Waals surface area contributed by atoms with Crippen LogP contribution in [0.3, 0.4) is 0 Å². The van der Waals surface area contributed by atoms with E-state index in [0.29, 0.717) is 6.04 Å². The maximum Gasteiger partial charge on any atom is 0.00104 e. The first-order valence-corrected chi connectivity index (χ1v) is 8.85. The summed E-state index contributed by atoms with van der Waals surface area (Å²) >= 11 is 2.00. The third-order valence-electron chi connectivity index (χ3n) is 4.03. The fraction of sp³-hybridized carbons (Fsp3) is 1.00. The van der Waals surface area contributed by atoms with Gasteiger partial charge in [-0.25, -0.2) is 0 Å². The van der Waals surface area contributed by atoms with Crippen molar-refractivity contribution in [3.63, 3.8) is 0 Å². The summed E-state index contributed by atoms with van der Waals surface area (Å²) in [5.41, 5.74) is 0. The van der Waals surface area contributed by atoms with Gasteiger partial charge in [0.05, 0.1) is 0 Å². The van der Waals surface area contributed by atoms with Crippen molar-refractivity contribution < 1.29 is 0 Å². The lowest BCUT2D eigenvalue weighted by Crippen LogP contribution is -2.32. The fourth-order valence-electron chi connectivity index (χ4n) is 2.99. The molecule has 0 aliphatic heterocycles. The molecule has 1 aliphatic carbocycles. The van der Waals surface area contributed by atoms with Gasteiger partial charge in [0.15, 0.2) is 0 Å². The minimum absolute atomic E-state index is 0.644. The van der Waals surface area contributed by atoms with Crippen LogP contribution in [0.4, 0.5) is 0 Å². The van der Waals surface area contributed by atoms with Gasteiger partial charge < -0.3 is 5.32 Å². The first-order valence-electron chi connectivity index (χ1n) is 7.46. The van der Waals surface area contributed by atoms with Crippen molar-refractivity contribution in [2.75, 3.05) is 18.6 Å². The summed E-state index contributed by atoms with van der Waals surface area (Å²) in [6.07, 6.45) is 12.5. The number of thioether (sulfide) groups is 1. The maximum atomic E-state index is 3.66. The lowest BCUT2D eigenvalue weighted by Gasteiger charge is -2.26. The topological polar surface area (TPSA) is 12.0 Å². The summed E-state index contributed by atoms with van der Waals surface area (Å²) in [4.78, 5) is 0. The second-order valence-corrected chi connectivity index (χ2v) is 6.84. The predicted octanol–water partition coefficient (Wildman–Crippen LogP) is 4.32. The molecule has 2 atom stereocenters. The van der Waals surface area contributed by atoms with E-state index < -0.39 is 0 Å². The smallest absolute Gasteiger partial charge is 0.00104 e. The predicted molar refractivity (Wildman–Crippen MR) is 80.8 cm³/mol. The van der Waals surface area contributed by atoms with E-state index in [4.69, 9.17) is 0 Å². The molecule has 1 aliphatic rings. The molecule has 17 heavy (non-hydrogen) atoms. The van der Waals surface area contributed by atoms with Gasteiger partial charge in [-0.3, -0.25) is 0 Å². The Hall–Kier alpha value is 0.310. The van der Waals surface area contributed by atoms with Crippen LogP contribution in [0, 0.1) is 11.8 Å². The first-order chi connectivity index (χ1) is 8.24. The maximum absolute atomic E-state index is 3.66. The molecule has 1 fully saturated rings. The molecule has 0 aromatic carbocycles. The lowest BCUT2D eigenvalue weighted by molar-refractivity contribution is 0.276. The second kappa shape index (κ2) is 9.27. The van der Waals surface area contributed by atoms with Gasteiger partial charge in [0, 0.05) is 6.04 Å². The lowest BCUT2D eigenvalue weighted by atomic mass is 9.84. The molecule has 0 bridgehead atoms. The Morgan fingerprint density at radius 2 is 1.82 bits per heavy atom. The Balaban J connectivity index is 2.35. The molecule has 0 saturated heterocycles. The van der Waals surface area contributed by atoms with E-state index in [1.54, 1.807) is 0 Å². The van der Waals surface area contributed by atoms with E-state index >= 15 is 0 Å². The van der Waals surface area contributed by atoms with E-state index in [2.05, 4.69) is 25.4 Å². The van der Waals surface area contributed by atoms with E-state index in [0.717, 1.165) is 11.8 Å². The van der Waals surface area contributed by atoms with Crippen molar-refractivity contribution in [3.8, 4) is 0 Å². The van der Waals surface area contributed by atoms with Crippen LogP contribution in [0.15, 0.2) is 0 Å². The molecule has 0 aromatic rings. The average molecular weight is 257 g/mol. The molecule has 1 nitrogen and oxygen atoms in total. The van der Waals surface area contributed by atoms with Crippen LogP contribution in [-0.2, 0) is 0 Å². The second-order valence-electron chi connectivity index (χ2n) is 5.86. The summed E-state index contributed by atoms with van der Waals surface area (Å²) in [6, 6.07) is 0.644. The van der Waals surface area contributed by atoms with Crippen LogP contribution < -0.4 is 5.32 Å². The molecule has 2 heteroatoms. The first kappa shape index (κ1) is 15.4. The summed E-state index contributed by atoms with van der Waals surface area (Å²) in [5, 5.41) is 3.66. The van der Waals surface area contributed by atoms with Crippen LogP contribution in [0.2, 0.25) is 0 Å². The van der Waals surface area contributed by atoms with Crippen LogP contribution >= 0.6 is 11.8 Å². The monoisotopic (exact) mass is 257 g/mol. The van der Waals surface area contributed by atoms with Crippen LogP contribution in [0.25, 0.3) is 0 Å². The van der Waals surface area contributed by atoms with Crippen molar-refractivity contribution in [3.05, 3.63) is 0 Å².